The standard InChI is InChI=1S/C82H143NO8/c1-6-8-10-12-14-16-18-20-22-24-26-28-30-32-34-36-38-40-42-44-46-48-50-52-54-56-58-60-62-64-66-68-70-72-79(84)89-76-78(77-90-82(81(86)87)88-75-74-83(3,4)5)91-80(85)73-71-69-67-65-63-61-59-57-55-53-51-49-47-45-43-41-39-37-35-33-31-29-27-25-23-21-19-17-15-13-11-9-7-2/h8-11,14-17,20-23,26-29,33,35,78,82H,6-7,12-13,18-19,24-25,30-32,34,36-77H2,1-5H3/b10-8-,11-9-,16-14-,17-15-,22-20-,23-21-,28-26-,29-27-,35-33-. The summed E-state index contributed by atoms with van der Waals surface area (Å²) in [6, 6.07) is 0. The average Bonchev–Trinajstić information content (AvgIpc) is 3.46. The van der Waals surface area contributed by atoms with Gasteiger partial charge in [-0.05, 0) is 96.3 Å². The smallest absolute Gasteiger partial charge is 0.306 e. The van der Waals surface area contributed by atoms with Crippen molar-refractivity contribution in [3.05, 3.63) is 109 Å². The minimum Gasteiger partial charge on any atom is -0.545 e. The molecule has 2 unspecified atom stereocenters. The molecule has 9 nitrogen and oxygen atoms in total. The van der Waals surface area contributed by atoms with Gasteiger partial charge in [-0.15, -0.1) is 0 Å². The minimum atomic E-state index is -1.62. The molecule has 0 saturated carbocycles. The van der Waals surface area contributed by atoms with E-state index < -0.39 is 24.3 Å². The van der Waals surface area contributed by atoms with Crippen molar-refractivity contribution in [3.63, 3.8) is 0 Å². The number of aliphatic carboxylic acids is 1. The summed E-state index contributed by atoms with van der Waals surface area (Å²) in [5.41, 5.74) is 0. The summed E-state index contributed by atoms with van der Waals surface area (Å²) in [6.45, 7) is 4.56. The number of carboxylic acids is 1. The van der Waals surface area contributed by atoms with Gasteiger partial charge in [-0.3, -0.25) is 9.59 Å². The second-order valence-electron chi connectivity index (χ2n) is 26.5. The number of esters is 2. The third-order valence-electron chi connectivity index (χ3n) is 16.5. The zero-order chi connectivity index (χ0) is 66.1. The summed E-state index contributed by atoms with van der Waals surface area (Å²) in [5.74, 6) is -2.27. The molecule has 0 bridgehead atoms. The first-order valence-electron chi connectivity index (χ1n) is 38.0. The van der Waals surface area contributed by atoms with Crippen LogP contribution < -0.4 is 5.11 Å². The maximum Gasteiger partial charge on any atom is 0.306 e. The summed E-state index contributed by atoms with van der Waals surface area (Å²) >= 11 is 0. The Morgan fingerprint density at radius 2 is 0.593 bits per heavy atom. The first-order valence-corrected chi connectivity index (χ1v) is 38.0. The van der Waals surface area contributed by atoms with Gasteiger partial charge in [0.05, 0.1) is 40.3 Å². The lowest BCUT2D eigenvalue weighted by molar-refractivity contribution is -0.870. The molecule has 0 aliphatic carbocycles. The molecule has 0 rings (SSSR count). The summed E-state index contributed by atoms with van der Waals surface area (Å²) in [5, 5.41) is 11.9. The number of rotatable bonds is 70. The number of hydrogen-bond acceptors (Lipinski definition) is 8. The van der Waals surface area contributed by atoms with Crippen LogP contribution in [0, 0.1) is 0 Å². The van der Waals surface area contributed by atoms with Crippen molar-refractivity contribution in [2.24, 2.45) is 0 Å². The highest BCUT2D eigenvalue weighted by atomic mass is 16.7. The van der Waals surface area contributed by atoms with Gasteiger partial charge in [0.25, 0.3) is 0 Å². The fourth-order valence-corrected chi connectivity index (χ4v) is 10.8. The number of carbonyl (C=O) groups is 3. The Morgan fingerprint density at radius 3 is 0.879 bits per heavy atom. The van der Waals surface area contributed by atoms with Gasteiger partial charge in [-0.2, -0.15) is 0 Å². The molecule has 0 saturated heterocycles. The quantitative estimate of drug-likeness (QED) is 0.0195. The summed E-state index contributed by atoms with van der Waals surface area (Å²) in [6.07, 6.45) is 97.6. The largest absolute Gasteiger partial charge is 0.545 e. The molecule has 91 heavy (non-hydrogen) atoms. The zero-order valence-electron chi connectivity index (χ0n) is 59.9. The van der Waals surface area contributed by atoms with E-state index in [9.17, 15) is 19.5 Å². The maximum atomic E-state index is 13.0. The molecule has 0 N–H and O–H groups in total. The monoisotopic (exact) mass is 1270 g/mol. The third kappa shape index (κ3) is 73.2. The fourth-order valence-electron chi connectivity index (χ4n) is 10.8. The number of quaternary nitrogens is 1. The molecule has 524 valence electrons. The molecule has 0 aliphatic heterocycles. The molecular formula is C82H143NO8. The number of likely N-dealkylation sites (N-methyl/N-ethyl adjacent to an activating group) is 1. The van der Waals surface area contributed by atoms with Gasteiger partial charge in [-0.1, -0.05) is 335 Å². The van der Waals surface area contributed by atoms with Crippen LogP contribution in [0.15, 0.2) is 109 Å². The molecule has 0 amide bonds. The number of allylic oxidation sites excluding steroid dienone is 18. The Balaban J connectivity index is 4.03. The molecule has 9 heteroatoms. The SMILES string of the molecule is CC/C=C\C/C=C\C/C=C\C/C=C\C/C=C\CCCCCCCCCCCCCCCCCCCC(=O)OC(COC(=O)CCCCCCCCCCCCCCCCCCCCCC/C=C\C/C=C\C/C=C\C/C=C\CC)COC(OCC[N+](C)(C)C)C(=O)[O-]. The van der Waals surface area contributed by atoms with E-state index in [0.29, 0.717) is 23.9 Å². The number of carbonyl (C=O) groups excluding carboxylic acids is 3. The van der Waals surface area contributed by atoms with Crippen molar-refractivity contribution >= 4 is 17.9 Å². The second-order valence-corrected chi connectivity index (χ2v) is 26.5. The molecule has 0 fully saturated rings. The van der Waals surface area contributed by atoms with Crippen LogP contribution >= 0.6 is 0 Å². The number of unbranched alkanes of at least 4 members (excludes halogenated alkanes) is 37. The van der Waals surface area contributed by atoms with Crippen molar-refractivity contribution in [3.8, 4) is 0 Å². The highest BCUT2D eigenvalue weighted by Crippen LogP contribution is 2.18. The van der Waals surface area contributed by atoms with Crippen LogP contribution in [0.4, 0.5) is 0 Å². The number of nitrogens with zero attached hydrogens (tertiary/aromatic N) is 1. The van der Waals surface area contributed by atoms with E-state index in [2.05, 4.69) is 123 Å². The Hall–Kier alpha value is -4.05. The predicted octanol–water partition coefficient (Wildman–Crippen LogP) is 22.8. The van der Waals surface area contributed by atoms with Gasteiger partial charge >= 0.3 is 11.9 Å². The van der Waals surface area contributed by atoms with Crippen LogP contribution in [-0.2, 0) is 33.3 Å². The van der Waals surface area contributed by atoms with Gasteiger partial charge in [0.15, 0.2) is 12.4 Å². The Kier molecular flexibility index (Phi) is 68.6. The minimum absolute atomic E-state index is 0.146. The van der Waals surface area contributed by atoms with Crippen molar-refractivity contribution in [1.82, 2.24) is 0 Å². The van der Waals surface area contributed by atoms with Crippen LogP contribution in [0.5, 0.6) is 0 Å². The normalized spacial score (nSPS) is 13.3. The van der Waals surface area contributed by atoms with Gasteiger partial charge in [0.2, 0.25) is 0 Å². The molecular weight excluding hydrogens is 1130 g/mol. The molecule has 2 atom stereocenters. The van der Waals surface area contributed by atoms with Gasteiger partial charge in [0, 0.05) is 12.8 Å². The van der Waals surface area contributed by atoms with Gasteiger partial charge in [0.1, 0.15) is 13.2 Å². The van der Waals surface area contributed by atoms with Crippen molar-refractivity contribution in [1.29, 1.82) is 0 Å². The summed E-state index contributed by atoms with van der Waals surface area (Å²) < 4.78 is 22.9. The van der Waals surface area contributed by atoms with Crippen LogP contribution in [-0.4, -0.2) is 82.3 Å². The molecule has 0 aromatic carbocycles. The van der Waals surface area contributed by atoms with E-state index in [1.54, 1.807) is 0 Å². The molecule has 0 spiro atoms. The molecule has 0 aromatic heterocycles. The van der Waals surface area contributed by atoms with Gasteiger partial charge < -0.3 is 33.3 Å². The van der Waals surface area contributed by atoms with E-state index in [0.717, 1.165) is 89.9 Å². The van der Waals surface area contributed by atoms with Crippen LogP contribution in [0.2, 0.25) is 0 Å². The predicted molar refractivity (Wildman–Crippen MR) is 389 cm³/mol. The first kappa shape index (κ1) is 87.0. The highest BCUT2D eigenvalue weighted by molar-refractivity contribution is 5.70. The van der Waals surface area contributed by atoms with E-state index >= 15 is 0 Å². The van der Waals surface area contributed by atoms with E-state index in [1.807, 2.05) is 21.1 Å². The van der Waals surface area contributed by atoms with Crippen LogP contribution in [0.25, 0.3) is 0 Å². The molecule has 0 heterocycles. The Morgan fingerprint density at radius 1 is 0.330 bits per heavy atom. The Bertz CT molecular complexity index is 1870. The number of ether oxygens (including phenoxy) is 4. The lowest BCUT2D eigenvalue weighted by Crippen LogP contribution is -2.44. The van der Waals surface area contributed by atoms with Gasteiger partial charge in [-0.25, -0.2) is 0 Å². The number of carboxylic acid groups (broad SMARTS) is 1. The molecule has 0 radical (unpaired) electrons. The topological polar surface area (TPSA) is 111 Å². The molecule has 0 aliphatic rings. The highest BCUT2D eigenvalue weighted by Gasteiger charge is 2.22. The van der Waals surface area contributed by atoms with Crippen molar-refractivity contribution in [2.75, 3.05) is 47.5 Å². The van der Waals surface area contributed by atoms with Crippen molar-refractivity contribution < 1.29 is 42.9 Å². The first-order chi connectivity index (χ1) is 44.6. The molecule has 0 aromatic rings. The lowest BCUT2D eigenvalue weighted by atomic mass is 10.0. The van der Waals surface area contributed by atoms with E-state index in [4.69, 9.17) is 18.9 Å². The van der Waals surface area contributed by atoms with Crippen LogP contribution in [0.3, 0.4) is 0 Å². The lowest BCUT2D eigenvalue weighted by Gasteiger charge is -2.26. The van der Waals surface area contributed by atoms with E-state index in [-0.39, 0.29) is 32.2 Å². The average molecular weight is 1270 g/mol. The second kappa shape index (κ2) is 71.8. The van der Waals surface area contributed by atoms with E-state index in [1.165, 1.54) is 212 Å². The van der Waals surface area contributed by atoms with Crippen molar-refractivity contribution in [2.45, 2.75) is 347 Å². The third-order valence-corrected chi connectivity index (χ3v) is 16.5. The fraction of sp³-hybridized carbons (Fsp3) is 0.744. The summed E-state index contributed by atoms with van der Waals surface area (Å²) in [4.78, 5) is 37.6. The van der Waals surface area contributed by atoms with Crippen LogP contribution in [0.1, 0.15) is 335 Å². The number of hydrogen-bond donors (Lipinski definition) is 0. The maximum absolute atomic E-state index is 13.0. The zero-order valence-corrected chi connectivity index (χ0v) is 59.9. The summed E-state index contributed by atoms with van der Waals surface area (Å²) in [7, 11) is 5.94. The Labute approximate surface area is 562 Å².